The Morgan fingerprint density at radius 1 is 0.562 bits per heavy atom. The molecule has 0 spiro atoms. The number of esters is 5. The Morgan fingerprint density at radius 3 is 1.36 bits per heavy atom. The first-order valence-corrected chi connectivity index (χ1v) is 29.1. The second kappa shape index (κ2) is 24.1. The van der Waals surface area contributed by atoms with Crippen LogP contribution in [0.15, 0.2) is 24.3 Å². The van der Waals surface area contributed by atoms with Crippen molar-refractivity contribution >= 4 is 29.8 Å². The second-order valence-corrected chi connectivity index (χ2v) is 26.4. The molecule has 0 heterocycles. The number of hydrogen-bond donors (Lipinski definition) is 1. The molecule has 8 bridgehead atoms. The van der Waals surface area contributed by atoms with Crippen LogP contribution in [0, 0.1) is 63.6 Å². The van der Waals surface area contributed by atoms with Gasteiger partial charge in [0.15, 0.2) is 13.2 Å². The molecule has 1 aromatic rings. The lowest BCUT2D eigenvalue weighted by atomic mass is 9.50. The van der Waals surface area contributed by atoms with Crippen LogP contribution in [-0.2, 0) is 47.7 Å². The fourth-order valence-corrected chi connectivity index (χ4v) is 14.7. The molecular formula is C62H98O11. The highest BCUT2D eigenvalue weighted by molar-refractivity contribution is 5.83. The maximum Gasteiger partial charge on any atom is 0.344 e. The zero-order valence-corrected chi connectivity index (χ0v) is 47.5. The van der Waals surface area contributed by atoms with Gasteiger partial charge in [-0.1, -0.05) is 66.0 Å². The molecule has 11 nitrogen and oxygen atoms in total. The van der Waals surface area contributed by atoms with Crippen LogP contribution in [0.1, 0.15) is 236 Å². The molecule has 9 aliphatic rings. The summed E-state index contributed by atoms with van der Waals surface area (Å²) in [4.78, 5) is 64.6. The minimum Gasteiger partial charge on any atom is -0.508 e. The van der Waals surface area contributed by atoms with Gasteiger partial charge >= 0.3 is 29.8 Å². The molecular weight excluding hydrogens is 921 g/mol. The molecule has 10 rings (SSSR count). The number of rotatable bonds is 17. The van der Waals surface area contributed by atoms with Crippen molar-refractivity contribution in [3.8, 4) is 5.75 Å². The normalized spacial score (nSPS) is 31.9. The van der Waals surface area contributed by atoms with E-state index in [4.69, 9.17) is 28.8 Å². The number of phenols is 1. The Hall–Kier alpha value is -3.63. The fourth-order valence-electron chi connectivity index (χ4n) is 14.7. The van der Waals surface area contributed by atoms with Crippen molar-refractivity contribution in [2.75, 3.05) is 13.2 Å². The van der Waals surface area contributed by atoms with Crippen molar-refractivity contribution in [1.82, 2.24) is 0 Å². The number of carbonyl (C=O) groups excluding carboxylic acids is 5. The first-order valence-electron chi connectivity index (χ1n) is 29.1. The number of carbonyl (C=O) groups is 5. The topological polar surface area (TPSA) is 152 Å². The summed E-state index contributed by atoms with van der Waals surface area (Å²) < 4.78 is 29.1. The van der Waals surface area contributed by atoms with Crippen LogP contribution < -0.4 is 0 Å². The van der Waals surface area contributed by atoms with Crippen molar-refractivity contribution < 1.29 is 52.8 Å². The van der Waals surface area contributed by atoms with E-state index in [1.54, 1.807) is 32.9 Å². The highest BCUT2D eigenvalue weighted by atomic mass is 16.6. The van der Waals surface area contributed by atoms with Crippen LogP contribution in [-0.4, -0.2) is 65.0 Å². The Balaban J connectivity index is 0.000000245. The van der Waals surface area contributed by atoms with Crippen LogP contribution in [0.5, 0.6) is 5.75 Å². The Kier molecular flexibility index (Phi) is 19.4. The van der Waals surface area contributed by atoms with Crippen LogP contribution in [0.4, 0.5) is 0 Å². The lowest BCUT2D eigenvalue weighted by Crippen LogP contribution is -2.58. The van der Waals surface area contributed by atoms with E-state index >= 15 is 0 Å². The summed E-state index contributed by atoms with van der Waals surface area (Å²) in [5, 5.41) is 9.01. The van der Waals surface area contributed by atoms with Crippen molar-refractivity contribution in [2.45, 2.75) is 247 Å². The number of aromatic hydroxyl groups is 1. The lowest BCUT2D eigenvalue weighted by molar-refractivity contribution is -0.208. The largest absolute Gasteiger partial charge is 0.508 e. The third-order valence-electron chi connectivity index (χ3n) is 20.2. The maximum absolute atomic E-state index is 13.3. The van der Waals surface area contributed by atoms with Crippen LogP contribution in [0.25, 0.3) is 0 Å². The van der Waals surface area contributed by atoms with Gasteiger partial charge in [-0.2, -0.15) is 0 Å². The van der Waals surface area contributed by atoms with Crippen LogP contribution >= 0.6 is 0 Å². The van der Waals surface area contributed by atoms with Gasteiger partial charge in [0.2, 0.25) is 0 Å². The van der Waals surface area contributed by atoms with Crippen LogP contribution in [0.2, 0.25) is 0 Å². The average Bonchev–Trinajstić information content (AvgIpc) is 3.34. The quantitative estimate of drug-likeness (QED) is 0.117. The molecule has 0 aromatic heterocycles. The molecule has 2 atom stereocenters. The lowest BCUT2D eigenvalue weighted by Gasteiger charge is -2.59. The van der Waals surface area contributed by atoms with E-state index in [2.05, 4.69) is 41.5 Å². The molecule has 0 amide bonds. The monoisotopic (exact) mass is 1020 g/mol. The highest BCUT2D eigenvalue weighted by Crippen LogP contribution is 2.61. The van der Waals surface area contributed by atoms with E-state index < -0.39 is 59.1 Å². The summed E-state index contributed by atoms with van der Waals surface area (Å²) in [6.07, 6.45) is 23.5. The van der Waals surface area contributed by atoms with Gasteiger partial charge in [-0.15, -0.1) is 0 Å². The van der Waals surface area contributed by atoms with Gasteiger partial charge in [0.1, 0.15) is 22.6 Å². The molecule has 1 N–H and O–H groups in total. The molecule has 2 unspecified atom stereocenters. The van der Waals surface area contributed by atoms with Gasteiger partial charge in [-0.25, -0.2) is 9.59 Å². The summed E-state index contributed by atoms with van der Waals surface area (Å²) >= 11 is 0. The molecule has 1 aromatic carbocycles. The standard InChI is InChI=1S/C36H54O8.C16H30O2.C10H14O/c1-7-34(4,32(40)42-19-30(38)44-36(6)27-14-23-9-24(16-27)17-28(36)15-23)20-33(2,3)31(39)41-18-29(37)43-35(5)25-10-21-8-22(12-25)13-26(35)11-21;1-5-15(3,4)14(17)18-16(6-2)12-10-8-7-9-11-13-16;1-3-8(2)9-4-6-10(11)7-5-9/h21-28H,7-20H2,1-6H3;5-13H2,1-4H3;4-8,11H,3H2,1-2H3. The zero-order chi connectivity index (χ0) is 53.6. The van der Waals surface area contributed by atoms with Crippen molar-refractivity contribution in [3.05, 3.63) is 29.8 Å². The minimum atomic E-state index is -1.06. The van der Waals surface area contributed by atoms with Gasteiger partial charge in [0, 0.05) is 0 Å². The van der Waals surface area contributed by atoms with Gasteiger partial charge in [0.05, 0.1) is 16.2 Å². The molecule has 11 heteroatoms. The fraction of sp³-hybridized carbons (Fsp3) is 0.823. The number of benzene rings is 1. The highest BCUT2D eigenvalue weighted by Gasteiger charge is 2.58. The van der Waals surface area contributed by atoms with E-state index in [1.165, 1.54) is 50.5 Å². The summed E-state index contributed by atoms with van der Waals surface area (Å²) in [7, 11) is 0. The molecule has 0 radical (unpaired) electrons. The smallest absolute Gasteiger partial charge is 0.344 e. The molecule has 9 aliphatic carbocycles. The van der Waals surface area contributed by atoms with E-state index in [1.807, 2.05) is 32.9 Å². The maximum atomic E-state index is 13.3. The molecule has 73 heavy (non-hydrogen) atoms. The molecule has 0 aliphatic heterocycles. The number of phenolic OH excluding ortho intramolecular Hbond substituents is 1. The molecule has 9 saturated carbocycles. The minimum absolute atomic E-state index is 0.00702. The summed E-state index contributed by atoms with van der Waals surface area (Å²) in [5.74, 6) is 3.42. The van der Waals surface area contributed by atoms with E-state index in [9.17, 15) is 24.0 Å². The van der Waals surface area contributed by atoms with Crippen LogP contribution in [0.3, 0.4) is 0 Å². The summed E-state index contributed by atoms with van der Waals surface area (Å²) in [6.45, 7) is 22.8. The molecule has 412 valence electrons. The van der Waals surface area contributed by atoms with E-state index in [0.717, 1.165) is 107 Å². The van der Waals surface area contributed by atoms with Crippen molar-refractivity contribution in [1.29, 1.82) is 0 Å². The SMILES string of the molecule is CCC(C)(CC(C)(C)C(=O)OCC(=O)OC1(C)C2CC3CC(C2)CC1C3)C(=O)OCC(=O)OC1(C)C2CC3CC(C2)CC1C3.CCC(C)c1ccc(O)cc1.CCC1(OC(=O)C(C)(C)CC)CCCCCCC1. The third-order valence-corrected chi connectivity index (χ3v) is 20.2. The first-order chi connectivity index (χ1) is 34.3. The average molecular weight is 1020 g/mol. The van der Waals surface area contributed by atoms with Gasteiger partial charge in [-0.05, 0) is 241 Å². The number of hydrogen-bond acceptors (Lipinski definition) is 11. The Bertz CT molecular complexity index is 1970. The predicted molar refractivity (Wildman–Crippen MR) is 284 cm³/mol. The van der Waals surface area contributed by atoms with E-state index in [-0.39, 0.29) is 23.4 Å². The molecule has 0 saturated heterocycles. The Morgan fingerprint density at radius 2 is 0.973 bits per heavy atom. The first kappa shape index (κ1) is 58.6. The van der Waals surface area contributed by atoms with Gasteiger partial charge < -0.3 is 28.8 Å². The van der Waals surface area contributed by atoms with Gasteiger partial charge in [0.25, 0.3) is 0 Å². The van der Waals surface area contributed by atoms with Crippen molar-refractivity contribution in [2.24, 2.45) is 63.6 Å². The zero-order valence-electron chi connectivity index (χ0n) is 47.5. The van der Waals surface area contributed by atoms with Gasteiger partial charge in [-0.3, -0.25) is 14.4 Å². The second-order valence-electron chi connectivity index (χ2n) is 26.4. The van der Waals surface area contributed by atoms with Crippen molar-refractivity contribution in [3.63, 3.8) is 0 Å². The third kappa shape index (κ3) is 14.1. The van der Waals surface area contributed by atoms with E-state index in [0.29, 0.717) is 41.8 Å². The predicted octanol–water partition coefficient (Wildman–Crippen LogP) is 14.2. The summed E-state index contributed by atoms with van der Waals surface area (Å²) in [5.41, 5.74) is -2.27. The Labute approximate surface area is 440 Å². The summed E-state index contributed by atoms with van der Waals surface area (Å²) in [6, 6.07) is 7.43. The number of ether oxygens (including phenoxy) is 5. The molecule has 9 fully saturated rings.